The van der Waals surface area contributed by atoms with Gasteiger partial charge in [-0.1, -0.05) is 0 Å². The maximum atomic E-state index is 10.1. The molecule has 3 rings (SSSR count). The lowest BCUT2D eigenvalue weighted by molar-refractivity contribution is 0.424. The van der Waals surface area contributed by atoms with Crippen LogP contribution >= 0.6 is 0 Å². The van der Waals surface area contributed by atoms with E-state index in [1.807, 2.05) is 6.07 Å². The van der Waals surface area contributed by atoms with Crippen LogP contribution in [0.15, 0.2) is 18.2 Å². The molecule has 3 heteroatoms. The predicted molar refractivity (Wildman–Crippen MR) is 74.4 cm³/mol. The standard InChI is InChI=1S/C15H22N2O/c18-15-4-3-13(17-9-1-2-10-17)11-14(15)12-5-7-16-8-6-12/h3-4,11-12,16,18H,1-2,5-10H2. The summed E-state index contributed by atoms with van der Waals surface area (Å²) in [6.45, 7) is 4.46. The van der Waals surface area contributed by atoms with Gasteiger partial charge in [-0.2, -0.15) is 0 Å². The first kappa shape index (κ1) is 11.8. The molecule has 0 aromatic heterocycles. The molecule has 0 spiro atoms. The fourth-order valence-corrected chi connectivity index (χ4v) is 3.17. The van der Waals surface area contributed by atoms with Crippen LogP contribution in [-0.2, 0) is 0 Å². The summed E-state index contributed by atoms with van der Waals surface area (Å²) in [5.74, 6) is 0.999. The number of phenolic OH excluding ortho intramolecular Hbond substituents is 1. The first-order valence-electron chi connectivity index (χ1n) is 7.13. The number of nitrogens with one attached hydrogen (secondary N) is 1. The van der Waals surface area contributed by atoms with E-state index in [4.69, 9.17) is 0 Å². The second-order valence-corrected chi connectivity index (χ2v) is 5.46. The van der Waals surface area contributed by atoms with Gasteiger partial charge in [0.05, 0.1) is 0 Å². The van der Waals surface area contributed by atoms with Gasteiger partial charge in [0.2, 0.25) is 0 Å². The molecule has 0 aliphatic carbocycles. The van der Waals surface area contributed by atoms with Crippen molar-refractivity contribution >= 4 is 5.69 Å². The fourth-order valence-electron chi connectivity index (χ4n) is 3.17. The molecule has 3 nitrogen and oxygen atoms in total. The second kappa shape index (κ2) is 5.19. The summed E-state index contributed by atoms with van der Waals surface area (Å²) in [4.78, 5) is 2.43. The van der Waals surface area contributed by atoms with Gasteiger partial charge in [-0.15, -0.1) is 0 Å². The molecule has 0 radical (unpaired) electrons. The first-order chi connectivity index (χ1) is 8.84. The fraction of sp³-hybridized carbons (Fsp3) is 0.600. The van der Waals surface area contributed by atoms with Crippen molar-refractivity contribution < 1.29 is 5.11 Å². The molecule has 0 unspecified atom stereocenters. The van der Waals surface area contributed by atoms with Gasteiger partial charge in [0.15, 0.2) is 0 Å². The van der Waals surface area contributed by atoms with Gasteiger partial charge in [0, 0.05) is 18.8 Å². The smallest absolute Gasteiger partial charge is 0.119 e. The minimum Gasteiger partial charge on any atom is -0.508 e. The van der Waals surface area contributed by atoms with E-state index in [-0.39, 0.29) is 0 Å². The Morgan fingerprint density at radius 1 is 1.11 bits per heavy atom. The normalized spacial score (nSPS) is 21.4. The Balaban J connectivity index is 1.85. The highest BCUT2D eigenvalue weighted by Crippen LogP contribution is 2.35. The van der Waals surface area contributed by atoms with Crippen molar-refractivity contribution in [2.75, 3.05) is 31.1 Å². The molecule has 2 saturated heterocycles. The van der Waals surface area contributed by atoms with Crippen molar-refractivity contribution in [1.82, 2.24) is 5.32 Å². The SMILES string of the molecule is Oc1ccc(N2CCCC2)cc1C1CCNCC1. The molecule has 1 aromatic carbocycles. The molecule has 0 atom stereocenters. The van der Waals surface area contributed by atoms with Gasteiger partial charge in [0.1, 0.15) is 5.75 Å². The summed E-state index contributed by atoms with van der Waals surface area (Å²) in [5.41, 5.74) is 2.44. The lowest BCUT2D eigenvalue weighted by Crippen LogP contribution is -2.27. The van der Waals surface area contributed by atoms with Gasteiger partial charge in [0.25, 0.3) is 0 Å². The number of piperidine rings is 1. The molecule has 18 heavy (non-hydrogen) atoms. The van der Waals surface area contributed by atoms with Crippen LogP contribution in [-0.4, -0.2) is 31.3 Å². The van der Waals surface area contributed by atoms with E-state index in [0.29, 0.717) is 11.7 Å². The number of phenols is 1. The first-order valence-corrected chi connectivity index (χ1v) is 7.13. The maximum absolute atomic E-state index is 10.1. The Labute approximate surface area is 109 Å². The Bertz CT molecular complexity index is 407. The number of benzene rings is 1. The van der Waals surface area contributed by atoms with Crippen LogP contribution in [0, 0.1) is 0 Å². The summed E-state index contributed by atoms with van der Waals surface area (Å²) in [6.07, 6.45) is 4.86. The van der Waals surface area contributed by atoms with Crippen molar-refractivity contribution in [2.45, 2.75) is 31.6 Å². The molecule has 98 valence electrons. The number of hydrogen-bond acceptors (Lipinski definition) is 3. The summed E-state index contributed by atoms with van der Waals surface area (Å²) >= 11 is 0. The lowest BCUT2D eigenvalue weighted by Gasteiger charge is -2.26. The average Bonchev–Trinajstić information content (AvgIpc) is 2.94. The molecule has 2 N–H and O–H groups in total. The summed E-state index contributed by atoms with van der Waals surface area (Å²) in [5, 5.41) is 13.5. The molecule has 0 saturated carbocycles. The number of aromatic hydroxyl groups is 1. The molecule has 2 aliphatic heterocycles. The zero-order chi connectivity index (χ0) is 12.4. The molecule has 2 aliphatic rings. The minimum absolute atomic E-state index is 0.477. The van der Waals surface area contributed by atoms with E-state index in [0.717, 1.165) is 44.6 Å². The van der Waals surface area contributed by atoms with Crippen molar-refractivity contribution in [2.24, 2.45) is 0 Å². The van der Waals surface area contributed by atoms with Crippen LogP contribution in [0.4, 0.5) is 5.69 Å². The van der Waals surface area contributed by atoms with Crippen molar-refractivity contribution in [3.8, 4) is 5.75 Å². The van der Waals surface area contributed by atoms with E-state index in [1.54, 1.807) is 0 Å². The van der Waals surface area contributed by atoms with E-state index in [1.165, 1.54) is 18.5 Å². The van der Waals surface area contributed by atoms with E-state index >= 15 is 0 Å². The monoisotopic (exact) mass is 246 g/mol. The molecular formula is C15H22N2O. The molecule has 2 heterocycles. The zero-order valence-corrected chi connectivity index (χ0v) is 10.9. The molecule has 0 bridgehead atoms. The molecule has 1 aromatic rings. The Hall–Kier alpha value is -1.22. The van der Waals surface area contributed by atoms with Crippen LogP contribution in [0.2, 0.25) is 0 Å². The third-order valence-corrected chi connectivity index (χ3v) is 4.26. The number of rotatable bonds is 2. The van der Waals surface area contributed by atoms with E-state index in [9.17, 15) is 5.11 Å². The summed E-state index contributed by atoms with van der Waals surface area (Å²) < 4.78 is 0. The third-order valence-electron chi connectivity index (χ3n) is 4.26. The van der Waals surface area contributed by atoms with Crippen LogP contribution in [0.25, 0.3) is 0 Å². The number of hydrogen-bond donors (Lipinski definition) is 2. The topological polar surface area (TPSA) is 35.5 Å². The van der Waals surface area contributed by atoms with E-state index < -0.39 is 0 Å². The minimum atomic E-state index is 0.477. The molecular weight excluding hydrogens is 224 g/mol. The Kier molecular flexibility index (Phi) is 3.41. The number of anilines is 1. The predicted octanol–water partition coefficient (Wildman–Crippen LogP) is 2.46. The van der Waals surface area contributed by atoms with Gasteiger partial charge in [-0.05, 0) is 68.5 Å². The average molecular weight is 246 g/mol. The largest absolute Gasteiger partial charge is 0.508 e. The molecule has 2 fully saturated rings. The van der Waals surface area contributed by atoms with Gasteiger partial charge in [-0.3, -0.25) is 0 Å². The highest BCUT2D eigenvalue weighted by Gasteiger charge is 2.20. The van der Waals surface area contributed by atoms with Crippen LogP contribution < -0.4 is 10.2 Å². The second-order valence-electron chi connectivity index (χ2n) is 5.46. The Morgan fingerprint density at radius 3 is 2.56 bits per heavy atom. The van der Waals surface area contributed by atoms with Crippen molar-refractivity contribution in [3.05, 3.63) is 23.8 Å². The highest BCUT2D eigenvalue weighted by molar-refractivity contribution is 5.54. The van der Waals surface area contributed by atoms with Crippen LogP contribution in [0.5, 0.6) is 5.75 Å². The zero-order valence-electron chi connectivity index (χ0n) is 10.9. The van der Waals surface area contributed by atoms with E-state index in [2.05, 4.69) is 22.3 Å². The number of nitrogens with zero attached hydrogens (tertiary/aromatic N) is 1. The summed E-state index contributed by atoms with van der Waals surface area (Å²) in [7, 11) is 0. The van der Waals surface area contributed by atoms with Crippen molar-refractivity contribution in [3.63, 3.8) is 0 Å². The highest BCUT2D eigenvalue weighted by atomic mass is 16.3. The molecule has 0 amide bonds. The van der Waals surface area contributed by atoms with Gasteiger partial charge >= 0.3 is 0 Å². The van der Waals surface area contributed by atoms with Gasteiger partial charge < -0.3 is 15.3 Å². The lowest BCUT2D eigenvalue weighted by atomic mass is 9.89. The van der Waals surface area contributed by atoms with Crippen LogP contribution in [0.3, 0.4) is 0 Å². The maximum Gasteiger partial charge on any atom is 0.119 e. The van der Waals surface area contributed by atoms with Crippen molar-refractivity contribution in [1.29, 1.82) is 0 Å². The van der Waals surface area contributed by atoms with Gasteiger partial charge in [-0.25, -0.2) is 0 Å². The third kappa shape index (κ3) is 2.32. The quantitative estimate of drug-likeness (QED) is 0.841. The van der Waals surface area contributed by atoms with Crippen LogP contribution in [0.1, 0.15) is 37.2 Å². The summed E-state index contributed by atoms with van der Waals surface area (Å²) in [6, 6.07) is 6.16. The Morgan fingerprint density at radius 2 is 1.83 bits per heavy atom.